The van der Waals surface area contributed by atoms with Crippen molar-refractivity contribution in [3.63, 3.8) is 0 Å². The summed E-state index contributed by atoms with van der Waals surface area (Å²) in [6, 6.07) is -0.432. The lowest BCUT2D eigenvalue weighted by atomic mass is 10.3. The highest BCUT2D eigenvalue weighted by atomic mass is 16.3. The van der Waals surface area contributed by atoms with E-state index in [1.807, 2.05) is 0 Å². The predicted octanol–water partition coefficient (Wildman–Crippen LogP) is -0.443. The Morgan fingerprint density at radius 3 is 2.50 bits per heavy atom. The van der Waals surface area contributed by atoms with Gasteiger partial charge in [0.1, 0.15) is 0 Å². The molecule has 0 atom stereocenters. The molecule has 0 rings (SSSR count). The number of aliphatic hydroxyl groups is 1. The molecule has 0 aliphatic heterocycles. The summed E-state index contributed by atoms with van der Waals surface area (Å²) in [5.41, 5.74) is 0. The third kappa shape index (κ3) is 3.34. The third-order valence-corrected chi connectivity index (χ3v) is 1.44. The first-order valence-corrected chi connectivity index (χ1v) is 3.72. The van der Waals surface area contributed by atoms with E-state index >= 15 is 0 Å². The molecule has 0 bridgehead atoms. The van der Waals surface area contributed by atoms with Crippen LogP contribution in [0.3, 0.4) is 0 Å². The van der Waals surface area contributed by atoms with Gasteiger partial charge in [-0.05, 0) is 6.42 Å². The minimum Gasteiger partial charge on any atom is -0.396 e. The van der Waals surface area contributed by atoms with Crippen molar-refractivity contribution in [1.82, 2.24) is 10.2 Å². The first kappa shape index (κ1) is 10.9. The third-order valence-electron chi connectivity index (χ3n) is 1.44. The molecule has 5 heteroatoms. The van der Waals surface area contributed by atoms with Crippen LogP contribution < -0.4 is 5.32 Å². The summed E-state index contributed by atoms with van der Waals surface area (Å²) in [6.07, 6.45) is 0.584. The van der Waals surface area contributed by atoms with Gasteiger partial charge in [0.05, 0.1) is 0 Å². The molecule has 0 spiro atoms. The topological polar surface area (TPSA) is 69.6 Å². The summed E-state index contributed by atoms with van der Waals surface area (Å²) in [4.78, 5) is 22.9. The van der Waals surface area contributed by atoms with Crippen LogP contribution in [0, 0.1) is 0 Å². The monoisotopic (exact) mass is 174 g/mol. The van der Waals surface area contributed by atoms with Gasteiger partial charge in [0.2, 0.25) is 5.91 Å². The average molecular weight is 174 g/mol. The van der Waals surface area contributed by atoms with Gasteiger partial charge in [-0.3, -0.25) is 9.69 Å². The molecule has 0 saturated carbocycles. The summed E-state index contributed by atoms with van der Waals surface area (Å²) in [7, 11) is 2.86. The maximum Gasteiger partial charge on any atom is 0.323 e. The normalized spacial score (nSPS) is 9.25. The lowest BCUT2D eigenvalue weighted by Gasteiger charge is -2.13. The predicted molar refractivity (Wildman–Crippen MR) is 43.5 cm³/mol. The lowest BCUT2D eigenvalue weighted by Crippen LogP contribution is -2.39. The Bertz CT molecular complexity index is 170. The van der Waals surface area contributed by atoms with E-state index in [9.17, 15) is 9.59 Å². The zero-order valence-electron chi connectivity index (χ0n) is 7.33. The van der Waals surface area contributed by atoms with E-state index in [4.69, 9.17) is 5.11 Å². The average Bonchev–Trinajstić information content (AvgIpc) is 2.11. The first-order valence-electron chi connectivity index (χ1n) is 3.72. The summed E-state index contributed by atoms with van der Waals surface area (Å²) in [6.45, 7) is -0.0344. The number of aliphatic hydroxyl groups excluding tert-OH is 1. The standard InChI is InChI=1S/C7H14N2O3/c1-8-7(12)9(2)6(11)4-3-5-10/h10H,3-5H2,1-2H3,(H,8,12). The van der Waals surface area contributed by atoms with Gasteiger partial charge in [0.15, 0.2) is 0 Å². The van der Waals surface area contributed by atoms with Crippen LogP contribution >= 0.6 is 0 Å². The zero-order valence-corrected chi connectivity index (χ0v) is 7.33. The Morgan fingerprint density at radius 1 is 1.50 bits per heavy atom. The van der Waals surface area contributed by atoms with Crippen LogP contribution in [0.1, 0.15) is 12.8 Å². The highest BCUT2D eigenvalue weighted by Crippen LogP contribution is 1.94. The van der Waals surface area contributed by atoms with Gasteiger partial charge in [0.25, 0.3) is 0 Å². The van der Waals surface area contributed by atoms with Gasteiger partial charge in [0, 0.05) is 27.1 Å². The SMILES string of the molecule is CNC(=O)N(C)C(=O)CCCO. The number of hydrogen-bond donors (Lipinski definition) is 2. The number of imide groups is 1. The van der Waals surface area contributed by atoms with Crippen LogP contribution in [0.2, 0.25) is 0 Å². The van der Waals surface area contributed by atoms with Crippen LogP contribution in [0.15, 0.2) is 0 Å². The second-order valence-corrected chi connectivity index (χ2v) is 2.34. The number of hydrogen-bond acceptors (Lipinski definition) is 3. The molecule has 0 aliphatic rings. The molecule has 0 aromatic carbocycles. The van der Waals surface area contributed by atoms with Crippen molar-refractivity contribution < 1.29 is 14.7 Å². The van der Waals surface area contributed by atoms with Crippen LogP contribution in [0.5, 0.6) is 0 Å². The molecule has 0 unspecified atom stereocenters. The molecule has 0 aromatic heterocycles. The van der Waals surface area contributed by atoms with Gasteiger partial charge >= 0.3 is 6.03 Å². The molecule has 2 N–H and O–H groups in total. The first-order chi connectivity index (χ1) is 5.63. The quantitative estimate of drug-likeness (QED) is 0.609. The van der Waals surface area contributed by atoms with Gasteiger partial charge in [-0.25, -0.2) is 4.79 Å². The molecule has 0 aromatic rings. The van der Waals surface area contributed by atoms with Crippen molar-refractivity contribution in [2.45, 2.75) is 12.8 Å². The largest absolute Gasteiger partial charge is 0.396 e. The summed E-state index contributed by atoms with van der Waals surface area (Å²) >= 11 is 0. The smallest absolute Gasteiger partial charge is 0.323 e. The molecule has 0 heterocycles. The number of urea groups is 1. The van der Waals surface area contributed by atoms with Crippen molar-refractivity contribution in [3.8, 4) is 0 Å². The number of nitrogens with zero attached hydrogens (tertiary/aromatic N) is 1. The van der Waals surface area contributed by atoms with Crippen molar-refractivity contribution in [3.05, 3.63) is 0 Å². The highest BCUT2D eigenvalue weighted by molar-refractivity contribution is 5.93. The maximum atomic E-state index is 11.1. The Balaban J connectivity index is 3.84. The molecule has 5 nitrogen and oxygen atoms in total. The molecule has 12 heavy (non-hydrogen) atoms. The van der Waals surface area contributed by atoms with Crippen molar-refractivity contribution in [1.29, 1.82) is 0 Å². The molecule has 0 aliphatic carbocycles. The number of rotatable bonds is 3. The minimum atomic E-state index is -0.432. The fourth-order valence-electron chi connectivity index (χ4n) is 0.679. The van der Waals surface area contributed by atoms with Crippen molar-refractivity contribution >= 4 is 11.9 Å². The lowest BCUT2D eigenvalue weighted by molar-refractivity contribution is -0.127. The number of amides is 3. The molecule has 0 fully saturated rings. The zero-order chi connectivity index (χ0) is 9.56. The fourth-order valence-corrected chi connectivity index (χ4v) is 0.679. The number of carbonyl (C=O) groups is 2. The van der Waals surface area contributed by atoms with Gasteiger partial charge in [-0.1, -0.05) is 0 Å². The molecule has 0 radical (unpaired) electrons. The summed E-state index contributed by atoms with van der Waals surface area (Å²) in [5.74, 6) is -0.289. The van der Waals surface area contributed by atoms with E-state index in [-0.39, 0.29) is 18.9 Å². The second kappa shape index (κ2) is 5.54. The van der Waals surface area contributed by atoms with E-state index in [0.717, 1.165) is 4.90 Å². The fraction of sp³-hybridized carbons (Fsp3) is 0.714. The van der Waals surface area contributed by atoms with Crippen LogP contribution in [0.25, 0.3) is 0 Å². The van der Waals surface area contributed by atoms with Crippen molar-refractivity contribution in [2.24, 2.45) is 0 Å². The molecule has 70 valence electrons. The maximum absolute atomic E-state index is 11.1. The summed E-state index contributed by atoms with van der Waals surface area (Å²) in [5, 5.41) is 10.7. The van der Waals surface area contributed by atoms with Crippen LogP contribution in [-0.2, 0) is 4.79 Å². The van der Waals surface area contributed by atoms with Crippen LogP contribution in [-0.4, -0.2) is 42.6 Å². The van der Waals surface area contributed by atoms with E-state index in [2.05, 4.69) is 5.32 Å². The molecule has 3 amide bonds. The van der Waals surface area contributed by atoms with E-state index in [1.54, 1.807) is 0 Å². The Labute approximate surface area is 71.4 Å². The van der Waals surface area contributed by atoms with E-state index < -0.39 is 6.03 Å². The number of carbonyl (C=O) groups excluding carboxylic acids is 2. The van der Waals surface area contributed by atoms with Gasteiger partial charge in [-0.2, -0.15) is 0 Å². The molecule has 0 saturated heterocycles. The Hall–Kier alpha value is -1.10. The van der Waals surface area contributed by atoms with Gasteiger partial charge in [-0.15, -0.1) is 0 Å². The molecular formula is C7H14N2O3. The van der Waals surface area contributed by atoms with Crippen molar-refractivity contribution in [2.75, 3.05) is 20.7 Å². The Kier molecular flexibility index (Phi) is 5.03. The number of nitrogens with one attached hydrogen (secondary N) is 1. The Morgan fingerprint density at radius 2 is 2.08 bits per heavy atom. The van der Waals surface area contributed by atoms with Gasteiger partial charge < -0.3 is 10.4 Å². The molecular weight excluding hydrogens is 160 g/mol. The second-order valence-electron chi connectivity index (χ2n) is 2.34. The van der Waals surface area contributed by atoms with Crippen LogP contribution in [0.4, 0.5) is 4.79 Å². The van der Waals surface area contributed by atoms with E-state index in [1.165, 1.54) is 14.1 Å². The minimum absolute atomic E-state index is 0.0344. The van der Waals surface area contributed by atoms with E-state index in [0.29, 0.717) is 6.42 Å². The summed E-state index contributed by atoms with van der Waals surface area (Å²) < 4.78 is 0. The highest BCUT2D eigenvalue weighted by Gasteiger charge is 2.13.